The lowest BCUT2D eigenvalue weighted by molar-refractivity contribution is 0.772. The van der Waals surface area contributed by atoms with Crippen LogP contribution in [0, 0.1) is 12.3 Å². The lowest BCUT2D eigenvalue weighted by Crippen LogP contribution is -2.17. The third-order valence-electron chi connectivity index (χ3n) is 1.84. The summed E-state index contributed by atoms with van der Waals surface area (Å²) in [6.07, 6.45) is 14.4. The van der Waals surface area contributed by atoms with Crippen molar-refractivity contribution in [2.45, 2.75) is 51.4 Å². The maximum atomic E-state index is 5.16. The van der Waals surface area contributed by atoms with E-state index in [-0.39, 0.29) is 0 Å². The predicted molar refractivity (Wildman–Crippen MR) is 64.6 cm³/mol. The van der Waals surface area contributed by atoms with Crippen molar-refractivity contribution in [3.05, 3.63) is 12.2 Å². The van der Waals surface area contributed by atoms with Crippen molar-refractivity contribution in [3.8, 4) is 12.3 Å². The number of terminal acetylenes is 1. The van der Waals surface area contributed by atoms with E-state index in [0.717, 1.165) is 6.42 Å². The Bertz CT molecular complexity index is 178. The summed E-state index contributed by atoms with van der Waals surface area (Å²) in [6, 6.07) is 1.31. The van der Waals surface area contributed by atoms with E-state index in [1.54, 1.807) is 0 Å². The van der Waals surface area contributed by atoms with Gasteiger partial charge in [0.25, 0.3) is 0 Å². The summed E-state index contributed by atoms with van der Waals surface area (Å²) in [5, 5.41) is 0. The van der Waals surface area contributed by atoms with Gasteiger partial charge in [-0.25, -0.2) is 0 Å². The van der Waals surface area contributed by atoms with Gasteiger partial charge in [0, 0.05) is 14.5 Å². The minimum Gasteiger partial charge on any atom is -0.120 e. The van der Waals surface area contributed by atoms with Crippen LogP contribution in [0.3, 0.4) is 0 Å². The summed E-state index contributed by atoms with van der Waals surface area (Å²) in [4.78, 5) is 0. The quantitative estimate of drug-likeness (QED) is 0.259. The van der Waals surface area contributed by atoms with Gasteiger partial charge in [-0.2, -0.15) is 0 Å². The third-order valence-corrected chi connectivity index (χ3v) is 3.30. The Labute approximate surface area is 84.4 Å². The lowest BCUT2D eigenvalue weighted by Gasteiger charge is -2.11. The molecule has 0 N–H and O–H groups in total. The van der Waals surface area contributed by atoms with Crippen LogP contribution in [0.2, 0.25) is 25.7 Å². The fourth-order valence-corrected chi connectivity index (χ4v) is 1.92. The molecule has 0 heterocycles. The summed E-state index contributed by atoms with van der Waals surface area (Å²) in [7, 11) is -0.852. The van der Waals surface area contributed by atoms with Crippen molar-refractivity contribution in [1.82, 2.24) is 0 Å². The zero-order valence-corrected chi connectivity index (χ0v) is 10.3. The second-order valence-electron chi connectivity index (χ2n) is 4.69. The first-order valence-electron chi connectivity index (χ1n) is 5.15. The predicted octanol–water partition coefficient (Wildman–Crippen LogP) is 4.07. The summed E-state index contributed by atoms with van der Waals surface area (Å²) >= 11 is 0. The first kappa shape index (κ1) is 12.5. The molecule has 0 saturated heterocycles. The van der Waals surface area contributed by atoms with Crippen molar-refractivity contribution in [2.24, 2.45) is 0 Å². The molecule has 0 nitrogen and oxygen atoms in total. The van der Waals surface area contributed by atoms with Crippen molar-refractivity contribution in [2.75, 3.05) is 0 Å². The molecule has 0 aliphatic carbocycles. The van der Waals surface area contributed by atoms with Gasteiger partial charge in [-0.05, 0) is 25.3 Å². The Kier molecular flexibility index (Phi) is 6.71. The summed E-state index contributed by atoms with van der Waals surface area (Å²) in [5.41, 5.74) is 0. The Balaban J connectivity index is 3.28. The van der Waals surface area contributed by atoms with Crippen molar-refractivity contribution >= 4 is 8.07 Å². The molecule has 0 saturated carbocycles. The molecule has 0 amide bonds. The normalized spacial score (nSPS) is 11.8. The zero-order chi connectivity index (χ0) is 10.2. The van der Waals surface area contributed by atoms with Crippen molar-refractivity contribution < 1.29 is 0 Å². The number of rotatable bonds is 6. The molecule has 0 rings (SSSR count). The molecule has 0 radical (unpaired) electrons. The Morgan fingerprint density at radius 2 is 1.85 bits per heavy atom. The maximum absolute atomic E-state index is 5.16. The van der Waals surface area contributed by atoms with Crippen LogP contribution in [-0.2, 0) is 0 Å². The van der Waals surface area contributed by atoms with Crippen LogP contribution in [0.5, 0.6) is 0 Å². The second kappa shape index (κ2) is 6.97. The molecule has 1 heteroatoms. The second-order valence-corrected chi connectivity index (χ2v) is 10.2. The molecule has 13 heavy (non-hydrogen) atoms. The molecule has 0 aliphatic heterocycles. The molecule has 0 aliphatic rings. The summed E-state index contributed by atoms with van der Waals surface area (Å²) in [6.45, 7) is 7.20. The number of unbranched alkanes of at least 4 members (excludes halogenated alkanes) is 3. The van der Waals surface area contributed by atoms with Crippen LogP contribution in [0.15, 0.2) is 12.2 Å². The smallest absolute Gasteiger partial charge is 0.0480 e. The topological polar surface area (TPSA) is 0 Å². The minimum atomic E-state index is -0.852. The van der Waals surface area contributed by atoms with Gasteiger partial charge in [-0.1, -0.05) is 31.8 Å². The van der Waals surface area contributed by atoms with E-state index >= 15 is 0 Å². The van der Waals surface area contributed by atoms with Gasteiger partial charge >= 0.3 is 0 Å². The molecule has 74 valence electrons. The molecule has 0 unspecified atom stereocenters. The van der Waals surface area contributed by atoms with Gasteiger partial charge in [0.1, 0.15) is 0 Å². The average Bonchev–Trinajstić information content (AvgIpc) is 2.01. The average molecular weight is 194 g/mol. The van der Waals surface area contributed by atoms with E-state index in [1.165, 1.54) is 25.3 Å². The van der Waals surface area contributed by atoms with E-state index in [1.807, 2.05) is 0 Å². The summed E-state index contributed by atoms with van der Waals surface area (Å²) < 4.78 is 0. The van der Waals surface area contributed by atoms with E-state index in [2.05, 4.69) is 37.7 Å². The van der Waals surface area contributed by atoms with Crippen LogP contribution in [0.4, 0.5) is 0 Å². The van der Waals surface area contributed by atoms with Crippen LogP contribution in [-0.4, -0.2) is 8.07 Å². The highest BCUT2D eigenvalue weighted by molar-refractivity contribution is 6.76. The highest BCUT2D eigenvalue weighted by atomic mass is 28.3. The van der Waals surface area contributed by atoms with Crippen LogP contribution in [0.1, 0.15) is 25.7 Å². The van der Waals surface area contributed by atoms with Gasteiger partial charge < -0.3 is 0 Å². The minimum absolute atomic E-state index is 0.852. The van der Waals surface area contributed by atoms with E-state index in [9.17, 15) is 0 Å². The van der Waals surface area contributed by atoms with Gasteiger partial charge in [0.2, 0.25) is 0 Å². The van der Waals surface area contributed by atoms with E-state index < -0.39 is 8.07 Å². The lowest BCUT2D eigenvalue weighted by atomic mass is 10.2. The van der Waals surface area contributed by atoms with Gasteiger partial charge in [-0.15, -0.1) is 12.3 Å². The molecule has 0 spiro atoms. The molecule has 0 bridgehead atoms. The van der Waals surface area contributed by atoms with E-state index in [4.69, 9.17) is 6.42 Å². The van der Waals surface area contributed by atoms with Gasteiger partial charge in [0.05, 0.1) is 0 Å². The fourth-order valence-electron chi connectivity index (χ4n) is 1.04. The Hall–Kier alpha value is -0.483. The maximum Gasteiger partial charge on any atom is 0.0480 e. The highest BCUT2D eigenvalue weighted by Crippen LogP contribution is 2.09. The Morgan fingerprint density at radius 3 is 2.38 bits per heavy atom. The largest absolute Gasteiger partial charge is 0.120 e. The molecular weight excluding hydrogens is 172 g/mol. The fraction of sp³-hybridized carbons (Fsp3) is 0.667. The molecule has 0 fully saturated rings. The number of hydrogen-bond donors (Lipinski definition) is 0. The molecule has 0 aromatic rings. The van der Waals surface area contributed by atoms with Gasteiger partial charge in [-0.3, -0.25) is 0 Å². The molecular formula is C12H22Si. The molecule has 0 aromatic carbocycles. The van der Waals surface area contributed by atoms with E-state index in [0.29, 0.717) is 0 Å². The highest BCUT2D eigenvalue weighted by Gasteiger charge is 2.08. The van der Waals surface area contributed by atoms with Crippen LogP contribution < -0.4 is 0 Å². The third kappa shape index (κ3) is 11.5. The SMILES string of the molecule is C#CCCCC/C=C\C[Si](C)(C)C. The molecule has 0 atom stereocenters. The van der Waals surface area contributed by atoms with Crippen molar-refractivity contribution in [3.63, 3.8) is 0 Å². The van der Waals surface area contributed by atoms with Crippen LogP contribution in [0.25, 0.3) is 0 Å². The standard InChI is InChI=1S/C12H22Si/c1-5-6-7-8-9-10-11-12-13(2,3)4/h1,10-11H,6-9,12H2,2-4H3/b11-10-. The first-order valence-corrected chi connectivity index (χ1v) is 8.85. The Morgan fingerprint density at radius 1 is 1.15 bits per heavy atom. The molecule has 0 aromatic heterocycles. The number of allylic oxidation sites excluding steroid dienone is 2. The zero-order valence-electron chi connectivity index (χ0n) is 9.27. The summed E-state index contributed by atoms with van der Waals surface area (Å²) in [5.74, 6) is 2.67. The van der Waals surface area contributed by atoms with Crippen molar-refractivity contribution in [1.29, 1.82) is 0 Å². The van der Waals surface area contributed by atoms with Gasteiger partial charge in [0.15, 0.2) is 0 Å². The monoisotopic (exact) mass is 194 g/mol. The first-order chi connectivity index (χ1) is 6.06. The number of hydrogen-bond acceptors (Lipinski definition) is 0. The van der Waals surface area contributed by atoms with Crippen LogP contribution >= 0.6 is 0 Å².